The van der Waals surface area contributed by atoms with Crippen LogP contribution >= 0.6 is 0 Å². The molecule has 2 saturated heterocycles. The van der Waals surface area contributed by atoms with Crippen molar-refractivity contribution in [3.63, 3.8) is 0 Å². The van der Waals surface area contributed by atoms with Gasteiger partial charge in [-0.1, -0.05) is 153 Å². The van der Waals surface area contributed by atoms with Gasteiger partial charge in [0.1, 0.15) is 55.4 Å². The van der Waals surface area contributed by atoms with E-state index in [1.165, 1.54) is 96.0 Å². The van der Waals surface area contributed by atoms with Crippen LogP contribution in [0.25, 0.3) is 0 Å². The number of esters is 2. The number of hydrogen-bond donors (Lipinski definition) is 7. The second-order valence-corrected chi connectivity index (χ2v) is 17.7. The molecular weight excluding hydrogens is 841 g/mol. The zero-order valence-electron chi connectivity index (χ0n) is 39.7. The van der Waals surface area contributed by atoms with E-state index in [1.54, 1.807) is 12.2 Å². The zero-order valence-corrected chi connectivity index (χ0v) is 39.7. The number of rotatable bonds is 38. The van der Waals surface area contributed by atoms with Crippen LogP contribution in [0.5, 0.6) is 0 Å². The maximum atomic E-state index is 12.9. The van der Waals surface area contributed by atoms with Crippen LogP contribution in [0.15, 0.2) is 36.5 Å². The Hall–Kier alpha value is -2.28. The molecule has 378 valence electrons. The summed E-state index contributed by atoms with van der Waals surface area (Å²) in [7, 11) is 0. The van der Waals surface area contributed by atoms with E-state index >= 15 is 0 Å². The molecule has 4 unspecified atom stereocenters. The van der Waals surface area contributed by atoms with E-state index in [0.29, 0.717) is 6.42 Å². The third-order valence-electron chi connectivity index (χ3n) is 11.9. The number of carbonyl (C=O) groups is 2. The molecule has 2 aliphatic heterocycles. The van der Waals surface area contributed by atoms with E-state index in [-0.39, 0.29) is 13.0 Å². The largest absolute Gasteiger partial charge is 0.462 e. The summed E-state index contributed by atoms with van der Waals surface area (Å²) in [5.41, 5.74) is 0. The minimum absolute atomic E-state index is 0.188. The van der Waals surface area contributed by atoms with E-state index in [9.17, 15) is 45.3 Å². The van der Waals surface area contributed by atoms with Crippen LogP contribution in [0.3, 0.4) is 0 Å². The second kappa shape index (κ2) is 37.7. The molecule has 0 amide bonds. The number of ether oxygens (including phenoxy) is 6. The number of unbranched alkanes of at least 4 members (excludes halogenated alkanes) is 21. The lowest BCUT2D eigenvalue weighted by atomic mass is 9.98. The highest BCUT2D eigenvalue weighted by atomic mass is 16.7. The summed E-state index contributed by atoms with van der Waals surface area (Å²) >= 11 is 0. The van der Waals surface area contributed by atoms with E-state index < -0.39 is 99.3 Å². The minimum Gasteiger partial charge on any atom is -0.462 e. The van der Waals surface area contributed by atoms with Crippen molar-refractivity contribution in [3.05, 3.63) is 36.5 Å². The predicted octanol–water partition coefficient (Wildman–Crippen LogP) is 6.54. The lowest BCUT2D eigenvalue weighted by Crippen LogP contribution is -2.61. The average molecular weight is 929 g/mol. The third-order valence-corrected chi connectivity index (χ3v) is 11.9. The van der Waals surface area contributed by atoms with Gasteiger partial charge in [-0.15, -0.1) is 0 Å². The van der Waals surface area contributed by atoms with Crippen LogP contribution in [-0.2, 0) is 38.0 Å². The van der Waals surface area contributed by atoms with Crippen molar-refractivity contribution in [2.75, 3.05) is 26.4 Å². The predicted molar refractivity (Wildman–Crippen MR) is 247 cm³/mol. The molecule has 0 spiro atoms. The van der Waals surface area contributed by atoms with Gasteiger partial charge in [-0.05, 0) is 44.9 Å². The number of aliphatic hydroxyl groups is 7. The molecule has 0 radical (unpaired) electrons. The van der Waals surface area contributed by atoms with Crippen LogP contribution in [0.4, 0.5) is 0 Å². The van der Waals surface area contributed by atoms with Gasteiger partial charge in [0.05, 0.1) is 19.8 Å². The molecule has 2 aliphatic rings. The molecule has 0 aromatic carbocycles. The summed E-state index contributed by atoms with van der Waals surface area (Å²) in [4.78, 5) is 25.6. The summed E-state index contributed by atoms with van der Waals surface area (Å²) in [5, 5.41) is 72.0. The highest BCUT2D eigenvalue weighted by Gasteiger charge is 2.47. The standard InChI is InChI=1S/C50H88O15/c1-3-5-7-9-11-13-15-17-19-21-23-25-27-29-31-33-42(53)63-38(35-60-41(52)32-30-28-26-24-22-20-18-16-14-12-10-8-6-4-2)36-61-49-48(59)46(57)44(55)40(65-49)37-62-50-47(58)45(56)43(54)39(34-51)64-50/h16,18,27,29,31,33,38-40,43-51,54-59H,3-15,17,19-26,28,30,32,34-37H2,1-2H3/b18-16+,29-27+,33-31+/t38-,39-,40-,43+,44+,45?,46?,47?,48?,49-,50-/m1/s1. The van der Waals surface area contributed by atoms with E-state index in [4.69, 9.17) is 28.4 Å². The van der Waals surface area contributed by atoms with Crippen molar-refractivity contribution < 1.29 is 73.8 Å². The molecule has 15 nitrogen and oxygen atoms in total. The molecule has 7 N–H and O–H groups in total. The summed E-state index contributed by atoms with van der Waals surface area (Å²) in [5.74, 6) is -1.19. The molecule has 0 aromatic heterocycles. The van der Waals surface area contributed by atoms with Gasteiger partial charge in [-0.25, -0.2) is 4.79 Å². The van der Waals surface area contributed by atoms with Gasteiger partial charge in [-0.3, -0.25) is 4.79 Å². The Morgan fingerprint density at radius 3 is 1.52 bits per heavy atom. The fraction of sp³-hybridized carbons (Fsp3) is 0.840. The summed E-state index contributed by atoms with van der Waals surface area (Å²) in [6.07, 6.45) is 22.4. The van der Waals surface area contributed by atoms with Crippen LogP contribution < -0.4 is 0 Å². The van der Waals surface area contributed by atoms with Crippen LogP contribution in [0, 0.1) is 0 Å². The van der Waals surface area contributed by atoms with Gasteiger partial charge in [-0.2, -0.15) is 0 Å². The van der Waals surface area contributed by atoms with E-state index in [1.807, 2.05) is 6.08 Å². The Kier molecular flexibility index (Phi) is 34.1. The average Bonchev–Trinajstić information content (AvgIpc) is 3.30. The highest BCUT2D eigenvalue weighted by Crippen LogP contribution is 2.26. The van der Waals surface area contributed by atoms with E-state index in [2.05, 4.69) is 26.0 Å². The fourth-order valence-corrected chi connectivity index (χ4v) is 7.77. The quantitative estimate of drug-likeness (QED) is 0.0115. The summed E-state index contributed by atoms with van der Waals surface area (Å²) < 4.78 is 33.3. The number of aliphatic hydroxyl groups excluding tert-OH is 7. The normalized spacial score (nSPS) is 26.7. The Labute approximate surface area is 389 Å². The molecule has 2 heterocycles. The Bertz CT molecular complexity index is 1280. The molecular formula is C50H88O15. The SMILES string of the molecule is CCCCCCC/C=C/CCCCCCCC(=O)OC[C@H](CO[C@@H]1O[C@H](CO[C@@H]2O[C@H](CO)[C@H](O)C(O)C2O)[C@H](O)C(O)C1O)OC(=O)/C=C/C=C/CCCCCCCCCCCCC. The molecule has 11 atom stereocenters. The third kappa shape index (κ3) is 26.2. The van der Waals surface area contributed by atoms with Gasteiger partial charge in [0, 0.05) is 12.5 Å². The molecule has 65 heavy (non-hydrogen) atoms. The molecule has 2 fully saturated rings. The number of hydrogen-bond acceptors (Lipinski definition) is 15. The first-order chi connectivity index (χ1) is 31.5. The Morgan fingerprint density at radius 2 is 0.985 bits per heavy atom. The van der Waals surface area contributed by atoms with Gasteiger partial charge < -0.3 is 64.2 Å². The Balaban J connectivity index is 1.86. The summed E-state index contributed by atoms with van der Waals surface area (Å²) in [6, 6.07) is 0. The van der Waals surface area contributed by atoms with Crippen LogP contribution in [0.1, 0.15) is 174 Å². The van der Waals surface area contributed by atoms with E-state index in [0.717, 1.165) is 57.8 Å². The second-order valence-electron chi connectivity index (χ2n) is 17.7. The molecule has 0 aromatic rings. The monoisotopic (exact) mass is 929 g/mol. The van der Waals surface area contributed by atoms with Crippen molar-refractivity contribution in [3.8, 4) is 0 Å². The highest BCUT2D eigenvalue weighted by molar-refractivity contribution is 5.82. The first-order valence-corrected chi connectivity index (χ1v) is 25.1. The van der Waals surface area contributed by atoms with Gasteiger partial charge in [0.2, 0.25) is 0 Å². The number of carbonyl (C=O) groups excluding carboxylic acids is 2. The topological polar surface area (TPSA) is 231 Å². The fourth-order valence-electron chi connectivity index (χ4n) is 7.77. The first kappa shape index (κ1) is 58.8. The van der Waals surface area contributed by atoms with Crippen molar-refractivity contribution in [1.82, 2.24) is 0 Å². The molecule has 15 heteroatoms. The Morgan fingerprint density at radius 1 is 0.523 bits per heavy atom. The van der Waals surface area contributed by atoms with Crippen molar-refractivity contribution >= 4 is 11.9 Å². The maximum Gasteiger partial charge on any atom is 0.331 e. The lowest BCUT2D eigenvalue weighted by molar-refractivity contribution is -0.332. The van der Waals surface area contributed by atoms with Gasteiger partial charge in [0.25, 0.3) is 0 Å². The van der Waals surface area contributed by atoms with Crippen molar-refractivity contribution in [2.24, 2.45) is 0 Å². The zero-order chi connectivity index (χ0) is 47.5. The van der Waals surface area contributed by atoms with Gasteiger partial charge >= 0.3 is 11.9 Å². The molecule has 0 aliphatic carbocycles. The summed E-state index contributed by atoms with van der Waals surface area (Å²) in [6.45, 7) is 2.45. The maximum absolute atomic E-state index is 12.9. The molecule has 2 rings (SSSR count). The van der Waals surface area contributed by atoms with Crippen molar-refractivity contribution in [1.29, 1.82) is 0 Å². The van der Waals surface area contributed by atoms with Crippen LogP contribution in [0.2, 0.25) is 0 Å². The minimum atomic E-state index is -1.78. The molecule has 0 bridgehead atoms. The van der Waals surface area contributed by atoms with Crippen molar-refractivity contribution in [2.45, 2.75) is 242 Å². The van der Waals surface area contributed by atoms with Crippen LogP contribution in [-0.4, -0.2) is 142 Å². The molecule has 0 saturated carbocycles. The lowest BCUT2D eigenvalue weighted by Gasteiger charge is -2.42. The van der Waals surface area contributed by atoms with Gasteiger partial charge in [0.15, 0.2) is 18.7 Å². The smallest absolute Gasteiger partial charge is 0.331 e. The first-order valence-electron chi connectivity index (χ1n) is 25.1. The number of allylic oxidation sites excluding steroid dienone is 5.